The van der Waals surface area contributed by atoms with Crippen LogP contribution >= 0.6 is 11.6 Å². The molecule has 0 aliphatic heterocycles. The molecule has 0 saturated heterocycles. The fourth-order valence-electron chi connectivity index (χ4n) is 1.13. The van der Waals surface area contributed by atoms with Crippen LogP contribution in [0.1, 0.15) is 12.8 Å². The van der Waals surface area contributed by atoms with Gasteiger partial charge < -0.3 is 15.9 Å². The number of hydrogen-bond donors (Lipinski definition) is 3. The summed E-state index contributed by atoms with van der Waals surface area (Å²) in [7, 11) is 0. The molecular weight excluding hydrogens is 192 g/mol. The van der Waals surface area contributed by atoms with Crippen molar-refractivity contribution in [3.63, 3.8) is 0 Å². The van der Waals surface area contributed by atoms with E-state index in [0.29, 0.717) is 13.1 Å². The molecule has 1 rings (SSSR count). The SMILES string of the molecule is NCCCCn1c(O)cc(Cl)c1O. The zero-order chi connectivity index (χ0) is 9.84. The van der Waals surface area contributed by atoms with E-state index in [1.54, 1.807) is 0 Å². The van der Waals surface area contributed by atoms with Crippen molar-refractivity contribution >= 4 is 11.6 Å². The van der Waals surface area contributed by atoms with Crippen LogP contribution in [0.15, 0.2) is 6.07 Å². The molecule has 0 amide bonds. The van der Waals surface area contributed by atoms with E-state index in [-0.39, 0.29) is 16.8 Å². The van der Waals surface area contributed by atoms with E-state index in [1.807, 2.05) is 0 Å². The summed E-state index contributed by atoms with van der Waals surface area (Å²) in [5.74, 6) is -0.101. The van der Waals surface area contributed by atoms with Crippen LogP contribution in [0.4, 0.5) is 0 Å². The molecule has 74 valence electrons. The van der Waals surface area contributed by atoms with Gasteiger partial charge in [0.15, 0.2) is 5.88 Å². The van der Waals surface area contributed by atoms with Gasteiger partial charge in [-0.25, -0.2) is 0 Å². The highest BCUT2D eigenvalue weighted by atomic mass is 35.5. The molecule has 0 spiro atoms. The highest BCUT2D eigenvalue weighted by molar-refractivity contribution is 6.32. The lowest BCUT2D eigenvalue weighted by molar-refractivity contribution is 0.363. The van der Waals surface area contributed by atoms with Crippen LogP contribution in [0.3, 0.4) is 0 Å². The van der Waals surface area contributed by atoms with Gasteiger partial charge in [-0.3, -0.25) is 4.57 Å². The third-order valence-electron chi connectivity index (χ3n) is 1.84. The van der Waals surface area contributed by atoms with Crippen molar-refractivity contribution in [1.82, 2.24) is 4.57 Å². The second kappa shape index (κ2) is 4.39. The summed E-state index contributed by atoms with van der Waals surface area (Å²) in [6, 6.07) is 1.32. The first kappa shape index (κ1) is 10.2. The lowest BCUT2D eigenvalue weighted by Crippen LogP contribution is -2.02. The number of aromatic hydroxyl groups is 2. The molecule has 13 heavy (non-hydrogen) atoms. The third kappa shape index (κ3) is 2.29. The molecule has 0 aliphatic rings. The van der Waals surface area contributed by atoms with Gasteiger partial charge in [-0.2, -0.15) is 0 Å². The fraction of sp³-hybridized carbons (Fsp3) is 0.500. The minimum absolute atomic E-state index is 0.0143. The Kier molecular flexibility index (Phi) is 3.45. The molecule has 0 aliphatic carbocycles. The molecular formula is C8H13ClN2O2. The topological polar surface area (TPSA) is 71.4 Å². The summed E-state index contributed by atoms with van der Waals surface area (Å²) in [4.78, 5) is 0. The van der Waals surface area contributed by atoms with Crippen LogP contribution in [0, 0.1) is 0 Å². The minimum atomic E-state index is -0.0869. The monoisotopic (exact) mass is 204 g/mol. The van der Waals surface area contributed by atoms with Gasteiger partial charge in [0.25, 0.3) is 0 Å². The van der Waals surface area contributed by atoms with Crippen molar-refractivity contribution < 1.29 is 10.2 Å². The zero-order valence-corrected chi connectivity index (χ0v) is 7.96. The first-order valence-electron chi connectivity index (χ1n) is 4.14. The molecule has 4 nitrogen and oxygen atoms in total. The third-order valence-corrected chi connectivity index (χ3v) is 2.12. The number of unbranched alkanes of at least 4 members (excludes halogenated alkanes) is 1. The van der Waals surface area contributed by atoms with Crippen LogP contribution in [-0.2, 0) is 6.54 Å². The molecule has 5 heteroatoms. The molecule has 1 heterocycles. The molecule has 0 unspecified atom stereocenters. The van der Waals surface area contributed by atoms with Crippen LogP contribution in [0.5, 0.6) is 11.8 Å². The van der Waals surface area contributed by atoms with Gasteiger partial charge in [0.1, 0.15) is 5.02 Å². The number of aromatic nitrogens is 1. The fourth-order valence-corrected chi connectivity index (χ4v) is 1.33. The van der Waals surface area contributed by atoms with E-state index in [1.165, 1.54) is 10.6 Å². The van der Waals surface area contributed by atoms with E-state index < -0.39 is 0 Å². The lowest BCUT2D eigenvalue weighted by atomic mass is 10.3. The van der Waals surface area contributed by atoms with E-state index >= 15 is 0 Å². The molecule has 0 aromatic carbocycles. The van der Waals surface area contributed by atoms with Crippen molar-refractivity contribution in [2.45, 2.75) is 19.4 Å². The Balaban J connectivity index is 2.64. The van der Waals surface area contributed by atoms with Gasteiger partial charge >= 0.3 is 0 Å². The average molecular weight is 205 g/mol. The smallest absolute Gasteiger partial charge is 0.213 e. The Morgan fingerprint density at radius 2 is 2.08 bits per heavy atom. The van der Waals surface area contributed by atoms with Crippen molar-refractivity contribution in [3.8, 4) is 11.8 Å². The van der Waals surface area contributed by atoms with Crippen molar-refractivity contribution in [2.24, 2.45) is 5.73 Å². The first-order chi connectivity index (χ1) is 6.16. The summed E-state index contributed by atoms with van der Waals surface area (Å²) in [6.07, 6.45) is 1.66. The predicted octanol–water partition coefficient (Wildman–Crippen LogP) is 1.29. The predicted molar refractivity (Wildman–Crippen MR) is 51.1 cm³/mol. The molecule has 0 atom stereocenters. The van der Waals surface area contributed by atoms with Gasteiger partial charge in [0.05, 0.1) is 0 Å². The molecule has 4 N–H and O–H groups in total. The van der Waals surface area contributed by atoms with Crippen molar-refractivity contribution in [1.29, 1.82) is 0 Å². The summed E-state index contributed by atoms with van der Waals surface area (Å²) in [5, 5.41) is 18.8. The molecule has 0 bridgehead atoms. The molecule has 0 fully saturated rings. The zero-order valence-electron chi connectivity index (χ0n) is 7.20. The van der Waals surface area contributed by atoms with E-state index in [2.05, 4.69) is 0 Å². The number of halogens is 1. The standard InChI is InChI=1S/C8H13ClN2O2/c9-6-5-7(12)11(8(6)13)4-2-1-3-10/h5,12-13H,1-4,10H2. The highest BCUT2D eigenvalue weighted by Crippen LogP contribution is 2.31. The summed E-state index contributed by atoms with van der Waals surface area (Å²) in [5.41, 5.74) is 5.31. The van der Waals surface area contributed by atoms with Gasteiger partial charge in [0.2, 0.25) is 5.88 Å². The maximum Gasteiger partial charge on any atom is 0.213 e. The van der Waals surface area contributed by atoms with Gasteiger partial charge in [-0.1, -0.05) is 11.6 Å². The van der Waals surface area contributed by atoms with Crippen LogP contribution < -0.4 is 5.73 Å². The van der Waals surface area contributed by atoms with Crippen LogP contribution in [-0.4, -0.2) is 21.3 Å². The highest BCUT2D eigenvalue weighted by Gasteiger charge is 2.10. The van der Waals surface area contributed by atoms with Gasteiger partial charge in [-0.15, -0.1) is 0 Å². The second-order valence-corrected chi connectivity index (χ2v) is 3.23. The summed E-state index contributed by atoms with van der Waals surface area (Å²) in [6.45, 7) is 1.14. The summed E-state index contributed by atoms with van der Waals surface area (Å²) < 4.78 is 1.36. The summed E-state index contributed by atoms with van der Waals surface area (Å²) >= 11 is 5.59. The van der Waals surface area contributed by atoms with E-state index in [4.69, 9.17) is 17.3 Å². The Labute approximate surface area is 81.5 Å². The Morgan fingerprint density at radius 3 is 2.54 bits per heavy atom. The average Bonchev–Trinajstić information content (AvgIpc) is 2.32. The van der Waals surface area contributed by atoms with E-state index in [0.717, 1.165) is 12.8 Å². The number of nitrogens with zero attached hydrogens (tertiary/aromatic N) is 1. The first-order valence-corrected chi connectivity index (χ1v) is 4.51. The largest absolute Gasteiger partial charge is 0.494 e. The maximum atomic E-state index is 9.36. The molecule has 0 saturated carbocycles. The Morgan fingerprint density at radius 1 is 1.38 bits per heavy atom. The second-order valence-electron chi connectivity index (χ2n) is 2.82. The molecule has 1 aromatic rings. The molecule has 1 aromatic heterocycles. The number of hydrogen-bond acceptors (Lipinski definition) is 3. The van der Waals surface area contributed by atoms with E-state index in [9.17, 15) is 10.2 Å². The van der Waals surface area contributed by atoms with Gasteiger partial charge in [0, 0.05) is 12.6 Å². The Bertz CT molecular complexity index is 286. The Hall–Kier alpha value is -0.870. The number of rotatable bonds is 4. The van der Waals surface area contributed by atoms with Crippen molar-refractivity contribution in [3.05, 3.63) is 11.1 Å². The lowest BCUT2D eigenvalue weighted by Gasteiger charge is -2.05. The molecule has 0 radical (unpaired) electrons. The van der Waals surface area contributed by atoms with Crippen molar-refractivity contribution in [2.75, 3.05) is 6.54 Å². The minimum Gasteiger partial charge on any atom is -0.494 e. The maximum absolute atomic E-state index is 9.36. The van der Waals surface area contributed by atoms with Crippen LogP contribution in [0.2, 0.25) is 5.02 Å². The van der Waals surface area contributed by atoms with Crippen LogP contribution in [0.25, 0.3) is 0 Å². The number of nitrogens with two attached hydrogens (primary N) is 1. The normalized spacial score (nSPS) is 10.6. The quantitative estimate of drug-likeness (QED) is 0.648. The van der Waals surface area contributed by atoms with Gasteiger partial charge in [-0.05, 0) is 19.4 Å².